The molecule has 0 aliphatic heterocycles. The SMILES string of the molecule is COC(=O)c1c(C2CCC2)n[nH]c1C1CCC1. The van der Waals surface area contributed by atoms with Crippen LogP contribution in [0.25, 0.3) is 0 Å². The highest BCUT2D eigenvalue weighted by Crippen LogP contribution is 2.42. The summed E-state index contributed by atoms with van der Waals surface area (Å²) in [4.78, 5) is 11.9. The molecule has 4 heteroatoms. The van der Waals surface area contributed by atoms with Crippen LogP contribution in [-0.2, 0) is 4.74 Å². The third-order valence-electron chi connectivity index (χ3n) is 4.22. The van der Waals surface area contributed by atoms with Gasteiger partial charge in [0.05, 0.1) is 18.5 Å². The fourth-order valence-corrected chi connectivity index (χ4v) is 2.66. The van der Waals surface area contributed by atoms with E-state index in [1.807, 2.05) is 0 Å². The molecule has 4 nitrogen and oxygen atoms in total. The maximum atomic E-state index is 11.9. The topological polar surface area (TPSA) is 55.0 Å². The highest BCUT2D eigenvalue weighted by molar-refractivity contribution is 5.92. The summed E-state index contributed by atoms with van der Waals surface area (Å²) < 4.78 is 4.91. The van der Waals surface area contributed by atoms with Gasteiger partial charge in [0, 0.05) is 11.8 Å². The second kappa shape index (κ2) is 4.17. The Bertz CT molecular complexity index is 399. The molecule has 1 aromatic heterocycles. The predicted molar refractivity (Wildman–Crippen MR) is 63.1 cm³/mol. The van der Waals surface area contributed by atoms with Crippen molar-refractivity contribution in [3.63, 3.8) is 0 Å². The van der Waals surface area contributed by atoms with Gasteiger partial charge >= 0.3 is 5.97 Å². The standard InChI is InChI=1S/C13H18N2O2/c1-17-13(16)10-11(8-4-2-5-8)14-15-12(10)9-6-3-7-9/h8-9H,2-7H2,1H3,(H,14,15). The number of nitrogens with zero attached hydrogens (tertiary/aromatic N) is 1. The lowest BCUT2D eigenvalue weighted by Gasteiger charge is -2.26. The Balaban J connectivity index is 1.97. The first kappa shape index (κ1) is 10.8. The molecule has 0 radical (unpaired) electrons. The van der Waals surface area contributed by atoms with Gasteiger partial charge in [-0.15, -0.1) is 0 Å². The van der Waals surface area contributed by atoms with Gasteiger partial charge < -0.3 is 4.74 Å². The Labute approximate surface area is 101 Å². The Morgan fingerprint density at radius 1 is 1.24 bits per heavy atom. The van der Waals surface area contributed by atoms with E-state index in [2.05, 4.69) is 10.2 Å². The van der Waals surface area contributed by atoms with Gasteiger partial charge in [-0.1, -0.05) is 12.8 Å². The van der Waals surface area contributed by atoms with Crippen LogP contribution in [-0.4, -0.2) is 23.3 Å². The number of aromatic amines is 1. The summed E-state index contributed by atoms with van der Waals surface area (Å²) in [7, 11) is 1.45. The highest BCUT2D eigenvalue weighted by Gasteiger charge is 2.34. The highest BCUT2D eigenvalue weighted by atomic mass is 16.5. The number of hydrogen-bond acceptors (Lipinski definition) is 3. The molecule has 17 heavy (non-hydrogen) atoms. The van der Waals surface area contributed by atoms with Crippen molar-refractivity contribution in [1.82, 2.24) is 10.2 Å². The molecule has 0 unspecified atom stereocenters. The van der Waals surface area contributed by atoms with E-state index in [9.17, 15) is 4.79 Å². The number of rotatable bonds is 3. The van der Waals surface area contributed by atoms with Crippen LogP contribution in [0.5, 0.6) is 0 Å². The predicted octanol–water partition coefficient (Wildman–Crippen LogP) is 2.73. The molecule has 0 aromatic carbocycles. The van der Waals surface area contributed by atoms with Crippen molar-refractivity contribution in [2.45, 2.75) is 50.4 Å². The van der Waals surface area contributed by atoms with Gasteiger partial charge in [0.1, 0.15) is 5.56 Å². The fourth-order valence-electron chi connectivity index (χ4n) is 2.66. The van der Waals surface area contributed by atoms with E-state index in [1.54, 1.807) is 0 Å². The molecular formula is C13H18N2O2. The van der Waals surface area contributed by atoms with Crippen LogP contribution in [0.4, 0.5) is 0 Å². The summed E-state index contributed by atoms with van der Waals surface area (Å²) >= 11 is 0. The monoisotopic (exact) mass is 234 g/mol. The summed E-state index contributed by atoms with van der Waals surface area (Å²) in [5, 5.41) is 7.47. The van der Waals surface area contributed by atoms with E-state index in [0.717, 1.165) is 42.6 Å². The molecule has 1 aromatic rings. The van der Waals surface area contributed by atoms with E-state index in [-0.39, 0.29) is 5.97 Å². The largest absolute Gasteiger partial charge is 0.465 e. The minimum absolute atomic E-state index is 0.220. The number of nitrogens with one attached hydrogen (secondary N) is 1. The average molecular weight is 234 g/mol. The van der Waals surface area contributed by atoms with Crippen molar-refractivity contribution in [1.29, 1.82) is 0 Å². The number of carbonyl (C=O) groups is 1. The zero-order valence-corrected chi connectivity index (χ0v) is 10.2. The molecule has 2 fully saturated rings. The van der Waals surface area contributed by atoms with E-state index in [0.29, 0.717) is 11.8 Å². The molecule has 2 aliphatic carbocycles. The van der Waals surface area contributed by atoms with E-state index in [1.165, 1.54) is 20.0 Å². The second-order valence-corrected chi connectivity index (χ2v) is 5.14. The average Bonchev–Trinajstić information content (AvgIpc) is 2.56. The smallest absolute Gasteiger partial charge is 0.341 e. The van der Waals surface area contributed by atoms with Crippen LogP contribution in [0, 0.1) is 0 Å². The number of hydrogen-bond donors (Lipinski definition) is 1. The first-order chi connectivity index (χ1) is 8.31. The molecule has 0 amide bonds. The van der Waals surface area contributed by atoms with Crippen molar-refractivity contribution in [2.24, 2.45) is 0 Å². The molecule has 0 bridgehead atoms. The van der Waals surface area contributed by atoms with Crippen LogP contribution in [0.1, 0.15) is 72.1 Å². The molecule has 1 heterocycles. The number of aromatic nitrogens is 2. The van der Waals surface area contributed by atoms with Crippen LogP contribution in [0.15, 0.2) is 0 Å². The molecule has 0 spiro atoms. The van der Waals surface area contributed by atoms with Crippen molar-refractivity contribution in [2.75, 3.05) is 7.11 Å². The van der Waals surface area contributed by atoms with Crippen molar-refractivity contribution in [3.8, 4) is 0 Å². The summed E-state index contributed by atoms with van der Waals surface area (Å²) in [6, 6.07) is 0. The molecule has 3 rings (SSSR count). The summed E-state index contributed by atoms with van der Waals surface area (Å²) in [6.07, 6.45) is 7.13. The lowest BCUT2D eigenvalue weighted by Crippen LogP contribution is -2.17. The van der Waals surface area contributed by atoms with Gasteiger partial charge in [-0.3, -0.25) is 5.10 Å². The minimum Gasteiger partial charge on any atom is -0.465 e. The molecule has 0 saturated heterocycles. The number of carbonyl (C=O) groups excluding carboxylic acids is 1. The Morgan fingerprint density at radius 3 is 2.35 bits per heavy atom. The van der Waals surface area contributed by atoms with E-state index < -0.39 is 0 Å². The van der Waals surface area contributed by atoms with Crippen LogP contribution in [0.2, 0.25) is 0 Å². The van der Waals surface area contributed by atoms with Gasteiger partial charge in [0.25, 0.3) is 0 Å². The summed E-state index contributed by atoms with van der Waals surface area (Å²) in [5.74, 6) is 0.738. The first-order valence-corrected chi connectivity index (χ1v) is 6.47. The van der Waals surface area contributed by atoms with E-state index >= 15 is 0 Å². The Morgan fingerprint density at radius 2 is 1.88 bits per heavy atom. The Kier molecular flexibility index (Phi) is 2.65. The first-order valence-electron chi connectivity index (χ1n) is 6.47. The quantitative estimate of drug-likeness (QED) is 0.818. The van der Waals surface area contributed by atoms with E-state index in [4.69, 9.17) is 4.74 Å². The molecule has 92 valence electrons. The number of ether oxygens (including phenoxy) is 1. The van der Waals surface area contributed by atoms with Gasteiger partial charge in [0.2, 0.25) is 0 Å². The number of H-pyrrole nitrogens is 1. The van der Waals surface area contributed by atoms with Crippen molar-refractivity contribution in [3.05, 3.63) is 17.0 Å². The lowest BCUT2D eigenvalue weighted by atomic mass is 9.78. The van der Waals surface area contributed by atoms with Gasteiger partial charge in [-0.2, -0.15) is 5.10 Å². The summed E-state index contributed by atoms with van der Waals surface area (Å²) in [6.45, 7) is 0. The third-order valence-corrected chi connectivity index (χ3v) is 4.22. The lowest BCUT2D eigenvalue weighted by molar-refractivity contribution is 0.0595. The van der Waals surface area contributed by atoms with Gasteiger partial charge in [-0.05, 0) is 25.7 Å². The van der Waals surface area contributed by atoms with Crippen molar-refractivity contribution >= 4 is 5.97 Å². The normalized spacial score (nSPS) is 20.8. The fraction of sp³-hybridized carbons (Fsp3) is 0.692. The van der Waals surface area contributed by atoms with Crippen LogP contribution < -0.4 is 0 Å². The second-order valence-electron chi connectivity index (χ2n) is 5.14. The molecule has 1 N–H and O–H groups in total. The molecule has 2 aliphatic rings. The maximum absolute atomic E-state index is 11.9. The minimum atomic E-state index is -0.220. The van der Waals surface area contributed by atoms with Crippen LogP contribution in [0.3, 0.4) is 0 Å². The number of methoxy groups -OCH3 is 1. The maximum Gasteiger partial charge on any atom is 0.341 e. The third kappa shape index (κ3) is 1.66. The zero-order chi connectivity index (χ0) is 11.8. The van der Waals surface area contributed by atoms with Crippen molar-refractivity contribution < 1.29 is 9.53 Å². The number of esters is 1. The van der Waals surface area contributed by atoms with Gasteiger partial charge in [-0.25, -0.2) is 4.79 Å². The summed E-state index contributed by atoms with van der Waals surface area (Å²) in [5.41, 5.74) is 2.71. The molecular weight excluding hydrogens is 216 g/mol. The molecule has 0 atom stereocenters. The Hall–Kier alpha value is -1.32. The van der Waals surface area contributed by atoms with Gasteiger partial charge in [0.15, 0.2) is 0 Å². The zero-order valence-electron chi connectivity index (χ0n) is 10.2. The van der Waals surface area contributed by atoms with Crippen LogP contribution >= 0.6 is 0 Å². The molecule has 2 saturated carbocycles.